The Balaban J connectivity index is 1.85. The maximum absolute atomic E-state index is 13.6. The molecule has 1 aliphatic rings. The van der Waals surface area contributed by atoms with Crippen molar-refractivity contribution in [2.75, 3.05) is 18.0 Å². The van der Waals surface area contributed by atoms with Crippen LogP contribution >= 0.6 is 0 Å². The number of halogens is 1. The van der Waals surface area contributed by atoms with E-state index in [1.165, 1.54) is 9.80 Å². The molecule has 3 rings (SSSR count). The summed E-state index contributed by atoms with van der Waals surface area (Å²) >= 11 is 0. The van der Waals surface area contributed by atoms with Crippen LogP contribution in [0.25, 0.3) is 0 Å². The Hall–Kier alpha value is -3.00. The summed E-state index contributed by atoms with van der Waals surface area (Å²) in [6.45, 7) is 2.51. The van der Waals surface area contributed by atoms with Crippen LogP contribution in [-0.2, 0) is 6.54 Å². The molecule has 8 heteroatoms. The van der Waals surface area contributed by atoms with E-state index in [-0.39, 0.29) is 19.1 Å². The number of carbonyl (C=O) groups excluding carboxylic acids is 2. The average Bonchev–Trinajstić information content (AvgIpc) is 3.12. The van der Waals surface area contributed by atoms with Crippen molar-refractivity contribution in [1.29, 1.82) is 0 Å². The molecule has 3 amide bonds. The van der Waals surface area contributed by atoms with Gasteiger partial charge in [-0.15, -0.1) is 0 Å². The third kappa shape index (κ3) is 4.40. The first-order valence-corrected chi connectivity index (χ1v) is 8.65. The van der Waals surface area contributed by atoms with Gasteiger partial charge in [-0.3, -0.25) is 14.9 Å². The van der Waals surface area contributed by atoms with Crippen LogP contribution in [0.2, 0.25) is 0 Å². The molecule has 1 aliphatic heterocycles. The highest BCUT2D eigenvalue weighted by atomic mass is 19.1. The average molecular weight is 372 g/mol. The number of nitrogens with zero attached hydrogens (tertiary/aromatic N) is 3. The first kappa shape index (κ1) is 18.8. The van der Waals surface area contributed by atoms with E-state index >= 15 is 0 Å². The van der Waals surface area contributed by atoms with E-state index in [0.29, 0.717) is 24.3 Å². The molecule has 2 N–H and O–H groups in total. The lowest BCUT2D eigenvalue weighted by Crippen LogP contribution is -2.42. The molecule has 0 radical (unpaired) electrons. The number of likely N-dealkylation sites (tertiary alicyclic amines) is 1. The maximum atomic E-state index is 13.6. The number of hydrogen-bond acceptors (Lipinski definition) is 4. The molecular formula is C19H21FN4O3. The van der Waals surface area contributed by atoms with Crippen molar-refractivity contribution in [3.05, 3.63) is 59.3 Å². The number of benzene rings is 1. The summed E-state index contributed by atoms with van der Waals surface area (Å²) in [7, 11) is 0. The maximum Gasteiger partial charge on any atom is 0.326 e. The van der Waals surface area contributed by atoms with Gasteiger partial charge in [0.2, 0.25) is 0 Å². The van der Waals surface area contributed by atoms with Gasteiger partial charge in [0.1, 0.15) is 12.0 Å². The normalized spacial score (nSPS) is 16.3. The van der Waals surface area contributed by atoms with Gasteiger partial charge >= 0.3 is 6.03 Å². The molecule has 1 fully saturated rings. The van der Waals surface area contributed by atoms with Crippen molar-refractivity contribution >= 4 is 17.8 Å². The number of amides is 3. The van der Waals surface area contributed by atoms with E-state index in [1.54, 1.807) is 35.8 Å². The van der Waals surface area contributed by atoms with Gasteiger partial charge in [0.05, 0.1) is 13.1 Å². The lowest BCUT2D eigenvalue weighted by atomic mass is 10.1. The fourth-order valence-corrected chi connectivity index (χ4v) is 3.00. The van der Waals surface area contributed by atoms with E-state index < -0.39 is 12.1 Å². The molecular weight excluding hydrogens is 351 g/mol. The molecule has 1 aromatic heterocycles. The fourth-order valence-electron chi connectivity index (χ4n) is 3.00. The number of nitrogens with one attached hydrogen (secondary N) is 1. The van der Waals surface area contributed by atoms with E-state index in [0.717, 1.165) is 11.3 Å². The van der Waals surface area contributed by atoms with Crippen molar-refractivity contribution < 1.29 is 19.2 Å². The Bertz CT molecular complexity index is 828. The Morgan fingerprint density at radius 1 is 1.30 bits per heavy atom. The summed E-state index contributed by atoms with van der Waals surface area (Å²) in [6, 6.07) is 11.6. The van der Waals surface area contributed by atoms with Crippen LogP contribution in [0.1, 0.15) is 28.0 Å². The molecule has 0 aliphatic carbocycles. The van der Waals surface area contributed by atoms with Crippen LogP contribution in [0.4, 0.5) is 15.0 Å². The molecule has 0 saturated carbocycles. The number of carbonyl (C=O) groups is 2. The highest BCUT2D eigenvalue weighted by molar-refractivity contribution is 5.93. The number of alkyl halides is 1. The Morgan fingerprint density at radius 3 is 2.63 bits per heavy atom. The zero-order valence-electron chi connectivity index (χ0n) is 14.9. The van der Waals surface area contributed by atoms with E-state index in [4.69, 9.17) is 5.21 Å². The van der Waals surface area contributed by atoms with Gasteiger partial charge in [0.25, 0.3) is 5.91 Å². The zero-order chi connectivity index (χ0) is 19.4. The highest BCUT2D eigenvalue weighted by Gasteiger charge is 2.30. The van der Waals surface area contributed by atoms with Crippen molar-refractivity contribution in [3.8, 4) is 0 Å². The number of hydroxylamine groups is 1. The van der Waals surface area contributed by atoms with Crippen LogP contribution in [0.3, 0.4) is 0 Å². The number of anilines is 1. The standard InChI is InChI=1S/C19H21FN4O3/c1-13-3-2-4-17(21-13)24(19(26)23-10-9-16(20)12-23)11-14-5-7-15(8-6-14)18(25)22-27/h2-8,16,27H,9-12H2,1H3,(H,22,25)/t16-/m0/s1. The van der Waals surface area contributed by atoms with Gasteiger partial charge in [-0.2, -0.15) is 0 Å². The number of aromatic nitrogens is 1. The predicted molar refractivity (Wildman–Crippen MR) is 97.3 cm³/mol. The third-order valence-electron chi connectivity index (χ3n) is 4.44. The predicted octanol–water partition coefficient (Wildman–Crippen LogP) is 2.68. The number of aryl methyl sites for hydroxylation is 1. The Labute approximate surface area is 156 Å². The lowest BCUT2D eigenvalue weighted by molar-refractivity contribution is 0.0706. The molecule has 1 saturated heterocycles. The first-order valence-electron chi connectivity index (χ1n) is 8.65. The lowest BCUT2D eigenvalue weighted by Gasteiger charge is -2.27. The second-order valence-electron chi connectivity index (χ2n) is 6.48. The quantitative estimate of drug-likeness (QED) is 0.638. The van der Waals surface area contributed by atoms with Crippen LogP contribution < -0.4 is 10.4 Å². The SMILES string of the molecule is Cc1cccc(N(Cc2ccc(C(=O)NO)cc2)C(=O)N2CC[C@H](F)C2)n1. The largest absolute Gasteiger partial charge is 0.326 e. The second-order valence-corrected chi connectivity index (χ2v) is 6.48. The monoisotopic (exact) mass is 372 g/mol. The smallest absolute Gasteiger partial charge is 0.321 e. The molecule has 1 aromatic carbocycles. The second kappa shape index (κ2) is 8.13. The van der Waals surface area contributed by atoms with Crippen LogP contribution in [-0.4, -0.2) is 46.3 Å². The number of urea groups is 1. The third-order valence-corrected chi connectivity index (χ3v) is 4.44. The highest BCUT2D eigenvalue weighted by Crippen LogP contribution is 2.21. The van der Waals surface area contributed by atoms with Crippen LogP contribution in [0, 0.1) is 6.92 Å². The summed E-state index contributed by atoms with van der Waals surface area (Å²) in [4.78, 5) is 31.8. The van der Waals surface area contributed by atoms with Gasteiger partial charge in [-0.25, -0.2) is 19.6 Å². The van der Waals surface area contributed by atoms with Crippen LogP contribution in [0.15, 0.2) is 42.5 Å². The van der Waals surface area contributed by atoms with Gasteiger partial charge < -0.3 is 4.90 Å². The number of pyridine rings is 1. The molecule has 1 atom stereocenters. The molecule has 2 heterocycles. The molecule has 7 nitrogen and oxygen atoms in total. The van der Waals surface area contributed by atoms with E-state index in [1.807, 2.05) is 19.1 Å². The molecule has 0 bridgehead atoms. The minimum Gasteiger partial charge on any atom is -0.321 e. The molecule has 142 valence electrons. The summed E-state index contributed by atoms with van der Waals surface area (Å²) in [5.41, 5.74) is 3.42. The molecule has 27 heavy (non-hydrogen) atoms. The molecule has 0 spiro atoms. The topological polar surface area (TPSA) is 85.8 Å². The van der Waals surface area contributed by atoms with Crippen LogP contribution in [0.5, 0.6) is 0 Å². The van der Waals surface area contributed by atoms with E-state index in [9.17, 15) is 14.0 Å². The van der Waals surface area contributed by atoms with Crippen molar-refractivity contribution in [2.24, 2.45) is 0 Å². The summed E-state index contributed by atoms with van der Waals surface area (Å²) < 4.78 is 13.6. The number of rotatable bonds is 4. The zero-order valence-corrected chi connectivity index (χ0v) is 14.9. The van der Waals surface area contributed by atoms with Crippen molar-refractivity contribution in [2.45, 2.75) is 26.1 Å². The summed E-state index contributed by atoms with van der Waals surface area (Å²) in [6.07, 6.45) is -0.663. The van der Waals surface area contributed by atoms with Crippen molar-refractivity contribution in [3.63, 3.8) is 0 Å². The Morgan fingerprint density at radius 2 is 2.04 bits per heavy atom. The fraction of sp³-hybridized carbons (Fsp3) is 0.316. The van der Waals surface area contributed by atoms with Gasteiger partial charge in [0.15, 0.2) is 0 Å². The summed E-state index contributed by atoms with van der Waals surface area (Å²) in [5, 5.41) is 8.70. The Kier molecular flexibility index (Phi) is 5.66. The minimum atomic E-state index is -1.00. The molecule has 0 unspecified atom stereocenters. The van der Waals surface area contributed by atoms with E-state index in [2.05, 4.69) is 4.98 Å². The van der Waals surface area contributed by atoms with Crippen molar-refractivity contribution in [1.82, 2.24) is 15.4 Å². The van der Waals surface area contributed by atoms with Gasteiger partial charge in [-0.05, 0) is 43.2 Å². The minimum absolute atomic E-state index is 0.0801. The first-order chi connectivity index (χ1) is 13.0. The number of hydrogen-bond donors (Lipinski definition) is 2. The van der Waals surface area contributed by atoms with Gasteiger partial charge in [-0.1, -0.05) is 18.2 Å². The molecule has 2 aromatic rings. The summed E-state index contributed by atoms with van der Waals surface area (Å²) in [5.74, 6) is -0.125. The van der Waals surface area contributed by atoms with Gasteiger partial charge in [0, 0.05) is 17.8 Å².